The Balaban J connectivity index is 2.14. The van der Waals surface area contributed by atoms with Gasteiger partial charge in [-0.2, -0.15) is 0 Å². The number of rotatable bonds is 2. The van der Waals surface area contributed by atoms with Crippen molar-refractivity contribution in [3.63, 3.8) is 0 Å². The molecule has 1 aliphatic rings. The Labute approximate surface area is 120 Å². The molecule has 20 heavy (non-hydrogen) atoms. The van der Waals surface area contributed by atoms with Gasteiger partial charge in [0.1, 0.15) is 6.04 Å². The molecule has 2 rings (SSSR count). The van der Waals surface area contributed by atoms with E-state index in [4.69, 9.17) is 17.3 Å². The van der Waals surface area contributed by atoms with Gasteiger partial charge in [-0.1, -0.05) is 17.7 Å². The molecule has 1 atom stereocenters. The van der Waals surface area contributed by atoms with E-state index in [1.54, 1.807) is 12.1 Å². The monoisotopic (exact) mass is 295 g/mol. The Morgan fingerprint density at radius 1 is 1.45 bits per heavy atom. The van der Waals surface area contributed by atoms with Crippen LogP contribution in [0, 0.1) is 0 Å². The third-order valence-corrected chi connectivity index (χ3v) is 3.58. The van der Waals surface area contributed by atoms with E-state index in [1.807, 2.05) is 0 Å². The average Bonchev–Trinajstić information content (AvgIpc) is 2.42. The fourth-order valence-corrected chi connectivity index (χ4v) is 2.20. The highest BCUT2D eigenvalue weighted by Crippen LogP contribution is 2.22. The van der Waals surface area contributed by atoms with Crippen molar-refractivity contribution in [2.24, 2.45) is 0 Å². The number of halogens is 1. The molecule has 1 aromatic rings. The lowest BCUT2D eigenvalue weighted by Gasteiger charge is -2.28. The molecule has 0 saturated carbocycles. The lowest BCUT2D eigenvalue weighted by Crippen LogP contribution is -2.52. The van der Waals surface area contributed by atoms with Crippen LogP contribution in [0.15, 0.2) is 18.2 Å². The van der Waals surface area contributed by atoms with E-state index in [9.17, 15) is 14.4 Å². The van der Waals surface area contributed by atoms with E-state index in [0.29, 0.717) is 0 Å². The third kappa shape index (κ3) is 2.60. The Morgan fingerprint density at radius 2 is 2.15 bits per heavy atom. The molecule has 1 aliphatic heterocycles. The van der Waals surface area contributed by atoms with Crippen LogP contribution in [0.5, 0.6) is 0 Å². The van der Waals surface area contributed by atoms with E-state index >= 15 is 0 Å². The second-order valence-corrected chi connectivity index (χ2v) is 4.96. The lowest BCUT2D eigenvalue weighted by atomic mass is 10.0. The number of nitrogens with one attached hydrogen (secondary N) is 1. The number of hydrogen-bond donors (Lipinski definition) is 2. The van der Waals surface area contributed by atoms with E-state index in [-0.39, 0.29) is 35.0 Å². The maximum Gasteiger partial charge on any atom is 0.254 e. The van der Waals surface area contributed by atoms with Crippen LogP contribution < -0.4 is 11.1 Å². The highest BCUT2D eigenvalue weighted by Gasteiger charge is 2.33. The summed E-state index contributed by atoms with van der Waals surface area (Å²) in [4.78, 5) is 36.4. The lowest BCUT2D eigenvalue weighted by molar-refractivity contribution is -0.147. The van der Waals surface area contributed by atoms with Gasteiger partial charge in [-0.25, -0.2) is 0 Å². The molecule has 1 fully saturated rings. The van der Waals surface area contributed by atoms with Crippen LogP contribution in [0.1, 0.15) is 23.2 Å². The number of carbonyl (C=O) groups is 3. The zero-order valence-electron chi connectivity index (χ0n) is 10.9. The fraction of sp³-hybridized carbons (Fsp3) is 0.308. The minimum atomic E-state index is -0.719. The summed E-state index contributed by atoms with van der Waals surface area (Å²) in [5.41, 5.74) is 6.11. The molecule has 1 saturated heterocycles. The molecular formula is C13H14ClN3O3. The molecule has 1 aromatic carbocycles. The number of nitrogen functional groups attached to an aromatic ring is 1. The molecule has 1 heterocycles. The first-order valence-electron chi connectivity index (χ1n) is 6.07. The predicted octanol–water partition coefficient (Wildman–Crippen LogP) is 0.799. The molecule has 0 radical (unpaired) electrons. The van der Waals surface area contributed by atoms with Gasteiger partial charge in [-0.15, -0.1) is 0 Å². The second kappa shape index (κ2) is 5.50. The first-order chi connectivity index (χ1) is 9.41. The smallest absolute Gasteiger partial charge is 0.254 e. The van der Waals surface area contributed by atoms with Gasteiger partial charge in [0.15, 0.2) is 0 Å². The van der Waals surface area contributed by atoms with Gasteiger partial charge in [-0.05, 0) is 18.6 Å². The van der Waals surface area contributed by atoms with Crippen LogP contribution >= 0.6 is 11.6 Å². The Hall–Kier alpha value is -2.08. The van der Waals surface area contributed by atoms with Crippen molar-refractivity contribution in [2.45, 2.75) is 18.9 Å². The van der Waals surface area contributed by atoms with Crippen molar-refractivity contribution in [1.82, 2.24) is 10.2 Å². The van der Waals surface area contributed by atoms with Crippen molar-refractivity contribution in [3.05, 3.63) is 28.8 Å². The standard InChI is InChI=1S/C13H14ClN3O3/c1-17-10(18)6-5-9(13(17)20)16-12(19)7-3-2-4-8(14)11(7)15/h2-4,9H,5-6,15H2,1H3,(H,16,19). The number of anilines is 1. The zero-order valence-corrected chi connectivity index (χ0v) is 11.6. The normalized spacial score (nSPS) is 19.1. The number of likely N-dealkylation sites (N-methyl/N-ethyl adjacent to an activating group) is 1. The number of benzene rings is 1. The number of piperidine rings is 1. The third-order valence-electron chi connectivity index (χ3n) is 3.25. The molecule has 106 valence electrons. The quantitative estimate of drug-likeness (QED) is 0.623. The summed E-state index contributed by atoms with van der Waals surface area (Å²) < 4.78 is 0. The van der Waals surface area contributed by atoms with Crippen LogP contribution in [0.3, 0.4) is 0 Å². The molecule has 6 nitrogen and oxygen atoms in total. The Kier molecular flexibility index (Phi) is 3.94. The van der Waals surface area contributed by atoms with Gasteiger partial charge in [0, 0.05) is 13.5 Å². The van der Waals surface area contributed by atoms with Crippen LogP contribution in [0.2, 0.25) is 5.02 Å². The summed E-state index contributed by atoms with van der Waals surface area (Å²) in [6.45, 7) is 0. The highest BCUT2D eigenvalue weighted by atomic mass is 35.5. The van der Waals surface area contributed by atoms with Gasteiger partial charge in [-0.3, -0.25) is 19.3 Å². The number of hydrogen-bond acceptors (Lipinski definition) is 4. The number of likely N-dealkylation sites (tertiary alicyclic amines) is 1. The summed E-state index contributed by atoms with van der Waals surface area (Å²) in [6, 6.07) is 3.99. The van der Waals surface area contributed by atoms with Gasteiger partial charge in [0.05, 0.1) is 16.3 Å². The van der Waals surface area contributed by atoms with Crippen LogP contribution in [-0.4, -0.2) is 35.7 Å². The summed E-state index contributed by atoms with van der Waals surface area (Å²) in [5, 5.41) is 2.86. The maximum atomic E-state index is 12.1. The van der Waals surface area contributed by atoms with Crippen molar-refractivity contribution in [1.29, 1.82) is 0 Å². The van der Waals surface area contributed by atoms with Gasteiger partial charge in [0.25, 0.3) is 11.8 Å². The topological polar surface area (TPSA) is 92.5 Å². The average molecular weight is 296 g/mol. The molecule has 0 aromatic heterocycles. The summed E-state index contributed by atoms with van der Waals surface area (Å²) >= 11 is 5.85. The van der Waals surface area contributed by atoms with Crippen molar-refractivity contribution in [3.8, 4) is 0 Å². The van der Waals surface area contributed by atoms with Crippen LogP contribution in [0.25, 0.3) is 0 Å². The van der Waals surface area contributed by atoms with E-state index in [0.717, 1.165) is 4.90 Å². The van der Waals surface area contributed by atoms with Crippen molar-refractivity contribution in [2.75, 3.05) is 12.8 Å². The first kappa shape index (κ1) is 14.3. The molecule has 3 N–H and O–H groups in total. The summed E-state index contributed by atoms with van der Waals surface area (Å²) in [6.07, 6.45) is 0.506. The number of nitrogens with two attached hydrogens (primary N) is 1. The van der Waals surface area contributed by atoms with Crippen molar-refractivity contribution < 1.29 is 14.4 Å². The van der Waals surface area contributed by atoms with Crippen molar-refractivity contribution >= 4 is 35.0 Å². The number of carbonyl (C=O) groups excluding carboxylic acids is 3. The van der Waals surface area contributed by atoms with E-state index in [1.165, 1.54) is 13.1 Å². The number of nitrogens with zero attached hydrogens (tertiary/aromatic N) is 1. The molecule has 0 aliphatic carbocycles. The molecule has 7 heteroatoms. The first-order valence-corrected chi connectivity index (χ1v) is 6.45. The SMILES string of the molecule is CN1C(=O)CCC(NC(=O)c2cccc(Cl)c2N)C1=O. The Bertz CT molecular complexity index is 588. The maximum absolute atomic E-state index is 12.1. The summed E-state index contributed by atoms with van der Waals surface area (Å²) in [7, 11) is 1.40. The molecule has 3 amide bonds. The van der Waals surface area contributed by atoms with Gasteiger partial charge in [0.2, 0.25) is 5.91 Å². The van der Waals surface area contributed by atoms with Gasteiger partial charge >= 0.3 is 0 Å². The molecule has 0 spiro atoms. The predicted molar refractivity (Wildman–Crippen MR) is 74.1 cm³/mol. The number of para-hydroxylation sites is 1. The highest BCUT2D eigenvalue weighted by molar-refractivity contribution is 6.34. The fourth-order valence-electron chi connectivity index (χ4n) is 2.02. The van der Waals surface area contributed by atoms with E-state index < -0.39 is 17.9 Å². The minimum absolute atomic E-state index is 0.166. The number of amides is 3. The molecular weight excluding hydrogens is 282 g/mol. The Morgan fingerprint density at radius 3 is 2.85 bits per heavy atom. The second-order valence-electron chi connectivity index (χ2n) is 4.56. The van der Waals surface area contributed by atoms with Gasteiger partial charge < -0.3 is 11.1 Å². The minimum Gasteiger partial charge on any atom is -0.397 e. The van der Waals surface area contributed by atoms with Crippen LogP contribution in [0.4, 0.5) is 5.69 Å². The largest absolute Gasteiger partial charge is 0.397 e. The van der Waals surface area contributed by atoms with Crippen LogP contribution in [-0.2, 0) is 9.59 Å². The zero-order chi connectivity index (χ0) is 14.9. The number of imide groups is 1. The molecule has 1 unspecified atom stereocenters. The summed E-state index contributed by atoms with van der Waals surface area (Å²) in [5.74, 6) is -1.15. The van der Waals surface area contributed by atoms with E-state index in [2.05, 4.69) is 5.32 Å². The molecule has 0 bridgehead atoms.